The van der Waals surface area contributed by atoms with Gasteiger partial charge in [0.1, 0.15) is 22.1 Å². The Labute approximate surface area is 200 Å². The van der Waals surface area contributed by atoms with Crippen molar-refractivity contribution in [1.82, 2.24) is 0 Å². The average molecular weight is 471 g/mol. The molecule has 4 aromatic carbocycles. The minimum atomic E-state index is -0.141. The number of carbonyl (C=O) groups excluding carboxylic acids is 2. The zero-order valence-electron chi connectivity index (χ0n) is 18.6. The van der Waals surface area contributed by atoms with E-state index in [1.807, 2.05) is 50.2 Å². The van der Waals surface area contributed by atoms with E-state index in [-0.39, 0.29) is 11.5 Å². The Morgan fingerprint density at radius 2 is 1.53 bits per heavy atom. The van der Waals surface area contributed by atoms with E-state index in [1.54, 1.807) is 48.5 Å². The van der Waals surface area contributed by atoms with Gasteiger partial charge in [0.05, 0.1) is 0 Å². The van der Waals surface area contributed by atoms with Gasteiger partial charge in [-0.05, 0) is 53.2 Å². The predicted octanol–water partition coefficient (Wildman–Crippen LogP) is 7.34. The molecule has 0 amide bonds. The van der Waals surface area contributed by atoms with Gasteiger partial charge in [-0.25, -0.2) is 0 Å². The lowest BCUT2D eigenvalue weighted by Gasteiger charge is -2.09. The molecule has 34 heavy (non-hydrogen) atoms. The summed E-state index contributed by atoms with van der Waals surface area (Å²) in [5.41, 5.74) is 0.564. The second-order valence-corrected chi connectivity index (χ2v) is 8.18. The van der Waals surface area contributed by atoms with Crippen molar-refractivity contribution >= 4 is 44.5 Å². The fourth-order valence-electron chi connectivity index (χ4n) is 3.55. The van der Waals surface area contributed by atoms with Gasteiger partial charge in [0.2, 0.25) is 5.78 Å². The van der Waals surface area contributed by atoms with Crippen molar-refractivity contribution in [2.75, 3.05) is 0 Å². The van der Waals surface area contributed by atoms with E-state index in [9.17, 15) is 14.7 Å². The monoisotopic (exact) mass is 470 g/mol. The van der Waals surface area contributed by atoms with Gasteiger partial charge in [-0.2, -0.15) is 0 Å². The average Bonchev–Trinajstić information content (AvgIpc) is 3.22. The minimum Gasteiger partial charge on any atom is -0.508 e. The molecule has 0 aliphatic heterocycles. The molecule has 5 nitrogen and oxygen atoms in total. The molecule has 0 saturated heterocycles. The Bertz CT molecular complexity index is 1470. The van der Waals surface area contributed by atoms with Gasteiger partial charge in [-0.3, -0.25) is 9.59 Å². The maximum absolute atomic E-state index is 13.2. The number of phenolic OH excluding ortho intramolecular Hbond substituents is 1. The molecule has 1 heterocycles. The Morgan fingerprint density at radius 1 is 0.853 bits per heavy atom. The quantitative estimate of drug-likeness (QED) is 0.208. The van der Waals surface area contributed by atoms with E-state index < -0.39 is 0 Å². The second-order valence-electron chi connectivity index (χ2n) is 7.12. The maximum Gasteiger partial charge on any atom is 0.298 e. The highest BCUT2D eigenvalue weighted by molar-refractivity contribution is 7.21. The van der Waals surface area contributed by atoms with E-state index in [1.165, 1.54) is 11.3 Å². The Hall–Kier alpha value is -4.16. The number of thiophene rings is 1. The highest BCUT2D eigenvalue weighted by Gasteiger charge is 2.22. The van der Waals surface area contributed by atoms with Crippen molar-refractivity contribution in [3.8, 4) is 23.0 Å². The molecule has 0 fully saturated rings. The largest absolute Gasteiger partial charge is 0.508 e. The van der Waals surface area contributed by atoms with Crippen molar-refractivity contribution in [2.24, 2.45) is 0 Å². The number of phenols is 1. The first-order valence-corrected chi connectivity index (χ1v) is 11.6. The van der Waals surface area contributed by atoms with Crippen LogP contribution >= 0.6 is 11.3 Å². The molecule has 0 aliphatic rings. The summed E-state index contributed by atoms with van der Waals surface area (Å²) >= 11 is 1.29. The zero-order valence-corrected chi connectivity index (χ0v) is 19.5. The Morgan fingerprint density at radius 3 is 2.24 bits per heavy atom. The van der Waals surface area contributed by atoms with Gasteiger partial charge >= 0.3 is 0 Å². The lowest BCUT2D eigenvalue weighted by atomic mass is 10.1. The van der Waals surface area contributed by atoms with Crippen LogP contribution in [0.5, 0.6) is 23.0 Å². The zero-order chi connectivity index (χ0) is 24.1. The van der Waals surface area contributed by atoms with Crippen molar-refractivity contribution in [3.05, 3.63) is 95.4 Å². The first-order valence-electron chi connectivity index (χ1n) is 10.8. The summed E-state index contributed by atoms with van der Waals surface area (Å²) in [5.74, 6) is 1.47. The van der Waals surface area contributed by atoms with E-state index >= 15 is 0 Å². The molecule has 6 heteroatoms. The van der Waals surface area contributed by atoms with Crippen LogP contribution < -0.4 is 9.47 Å². The molecule has 1 aromatic heterocycles. The summed E-state index contributed by atoms with van der Waals surface area (Å²) < 4.78 is 11.9. The molecule has 0 saturated carbocycles. The minimum absolute atomic E-state index is 0.128. The standard InChI is InChI=1S/C26H16O5S.C2H6/c27-15-30-20-9-6-18-13-21(10-7-17(18)12-20)31-25-22-11-8-19(28)14-23(22)32-26(25)24(29)16-4-2-1-3-5-16;1-2/h1-15,28H;1-2H3. The van der Waals surface area contributed by atoms with Crippen LogP contribution in [0.4, 0.5) is 0 Å². The van der Waals surface area contributed by atoms with Gasteiger partial charge < -0.3 is 14.6 Å². The summed E-state index contributed by atoms with van der Waals surface area (Å²) in [5, 5.41) is 12.4. The van der Waals surface area contributed by atoms with Crippen LogP contribution in [0, 0.1) is 0 Å². The third kappa shape index (κ3) is 4.63. The van der Waals surface area contributed by atoms with Gasteiger partial charge in [-0.15, -0.1) is 11.3 Å². The topological polar surface area (TPSA) is 72.8 Å². The predicted molar refractivity (Wildman–Crippen MR) is 135 cm³/mol. The molecule has 0 bridgehead atoms. The highest BCUT2D eigenvalue weighted by atomic mass is 32.1. The molecule has 0 spiro atoms. The molecule has 0 unspecified atom stereocenters. The van der Waals surface area contributed by atoms with E-state index in [4.69, 9.17) is 9.47 Å². The van der Waals surface area contributed by atoms with Crippen molar-refractivity contribution in [1.29, 1.82) is 0 Å². The van der Waals surface area contributed by atoms with Gasteiger partial charge in [0.25, 0.3) is 6.47 Å². The number of aromatic hydroxyl groups is 1. The molecular formula is C28H22O5S. The first kappa shape index (κ1) is 23.0. The van der Waals surface area contributed by atoms with Crippen LogP contribution in [0.15, 0.2) is 84.9 Å². The third-order valence-corrected chi connectivity index (χ3v) is 6.19. The lowest BCUT2D eigenvalue weighted by molar-refractivity contribution is -0.120. The van der Waals surface area contributed by atoms with E-state index in [0.717, 1.165) is 20.9 Å². The first-order chi connectivity index (χ1) is 16.6. The van der Waals surface area contributed by atoms with Crippen LogP contribution in [0.1, 0.15) is 29.1 Å². The summed E-state index contributed by atoms with van der Waals surface area (Å²) in [7, 11) is 0. The molecule has 5 aromatic rings. The second kappa shape index (κ2) is 10.2. The van der Waals surface area contributed by atoms with Crippen molar-refractivity contribution in [2.45, 2.75) is 13.8 Å². The van der Waals surface area contributed by atoms with Crippen molar-refractivity contribution in [3.63, 3.8) is 0 Å². The molecule has 0 atom stereocenters. The number of rotatable bonds is 6. The lowest BCUT2D eigenvalue weighted by Crippen LogP contribution is -2.00. The number of hydrogen-bond acceptors (Lipinski definition) is 6. The summed E-state index contributed by atoms with van der Waals surface area (Å²) in [6.07, 6.45) is 0. The van der Waals surface area contributed by atoms with Crippen LogP contribution in [0.3, 0.4) is 0 Å². The summed E-state index contributed by atoms with van der Waals surface area (Å²) in [4.78, 5) is 24.3. The molecule has 1 N–H and O–H groups in total. The number of ether oxygens (including phenoxy) is 2. The van der Waals surface area contributed by atoms with Crippen LogP contribution in [-0.2, 0) is 4.79 Å². The van der Waals surface area contributed by atoms with Crippen molar-refractivity contribution < 1.29 is 24.2 Å². The fourth-order valence-corrected chi connectivity index (χ4v) is 4.67. The van der Waals surface area contributed by atoms with Crippen LogP contribution in [0.25, 0.3) is 20.9 Å². The normalized spacial score (nSPS) is 10.4. The van der Waals surface area contributed by atoms with Crippen LogP contribution in [0.2, 0.25) is 0 Å². The summed E-state index contributed by atoms with van der Waals surface area (Å²) in [6.45, 7) is 4.39. The third-order valence-electron chi connectivity index (χ3n) is 5.06. The SMILES string of the molecule is CC.O=COc1ccc2cc(Oc3c(C(=O)c4ccccc4)sc4cc(O)ccc34)ccc2c1. The molecule has 170 valence electrons. The Kier molecular flexibility index (Phi) is 6.90. The van der Waals surface area contributed by atoms with Gasteiger partial charge in [-0.1, -0.05) is 56.3 Å². The number of fused-ring (bicyclic) bond motifs is 2. The van der Waals surface area contributed by atoms with Gasteiger partial charge in [0, 0.05) is 15.6 Å². The van der Waals surface area contributed by atoms with Gasteiger partial charge in [0.15, 0.2) is 5.75 Å². The highest BCUT2D eigenvalue weighted by Crippen LogP contribution is 2.43. The molecule has 0 aliphatic carbocycles. The number of ketones is 1. The molecule has 0 radical (unpaired) electrons. The summed E-state index contributed by atoms with van der Waals surface area (Å²) in [6, 6.07) is 24.8. The van der Waals surface area contributed by atoms with E-state index in [2.05, 4.69) is 0 Å². The smallest absolute Gasteiger partial charge is 0.298 e. The van der Waals surface area contributed by atoms with Crippen LogP contribution in [-0.4, -0.2) is 17.4 Å². The number of carbonyl (C=O) groups is 2. The fraction of sp³-hybridized carbons (Fsp3) is 0.0714. The maximum atomic E-state index is 13.2. The molecular weight excluding hydrogens is 448 g/mol. The van der Waals surface area contributed by atoms with E-state index in [0.29, 0.717) is 34.2 Å². The number of benzene rings is 4. The Balaban J connectivity index is 0.00000133. The molecule has 5 rings (SSSR count). The number of hydrogen-bond donors (Lipinski definition) is 1.